The summed E-state index contributed by atoms with van der Waals surface area (Å²) in [7, 11) is 0. The summed E-state index contributed by atoms with van der Waals surface area (Å²) in [5.41, 5.74) is 12.8. The Morgan fingerprint density at radius 2 is 0.929 bits per heavy atom. The van der Waals surface area contributed by atoms with Crippen molar-refractivity contribution < 1.29 is 0 Å². The minimum atomic E-state index is 0.470. The van der Waals surface area contributed by atoms with Crippen LogP contribution in [0.1, 0.15) is 25.3 Å². The summed E-state index contributed by atoms with van der Waals surface area (Å²) in [6, 6.07) is 53.5. The van der Waals surface area contributed by atoms with E-state index in [2.05, 4.69) is 164 Å². The van der Waals surface area contributed by atoms with E-state index in [0.29, 0.717) is 5.92 Å². The van der Waals surface area contributed by atoms with Gasteiger partial charge in [0.1, 0.15) is 0 Å². The van der Waals surface area contributed by atoms with E-state index in [4.69, 9.17) is 0 Å². The lowest BCUT2D eigenvalue weighted by Crippen LogP contribution is -2.10. The van der Waals surface area contributed by atoms with E-state index in [-0.39, 0.29) is 0 Å². The fraction of sp³-hybridized carbons (Fsp3) is 0.0732. The van der Waals surface area contributed by atoms with Crippen molar-refractivity contribution in [2.24, 2.45) is 0 Å². The normalized spacial score (nSPS) is 11.8. The highest BCUT2D eigenvalue weighted by atomic mass is 15.1. The van der Waals surface area contributed by atoms with E-state index in [1.165, 1.54) is 71.9 Å². The topological polar surface area (TPSA) is 3.24 Å². The van der Waals surface area contributed by atoms with Crippen LogP contribution in [0.15, 0.2) is 146 Å². The molecule has 42 heavy (non-hydrogen) atoms. The average Bonchev–Trinajstić information content (AvgIpc) is 3.04. The lowest BCUT2D eigenvalue weighted by atomic mass is 9.77. The van der Waals surface area contributed by atoms with Crippen molar-refractivity contribution in [3.05, 3.63) is 151 Å². The third-order valence-electron chi connectivity index (χ3n) is 8.69. The summed E-state index contributed by atoms with van der Waals surface area (Å²) < 4.78 is 0. The second-order valence-corrected chi connectivity index (χ2v) is 11.7. The van der Waals surface area contributed by atoms with Crippen LogP contribution in [-0.2, 0) is 0 Å². The molecule has 0 unspecified atom stereocenters. The maximum atomic E-state index is 2.39. The Kier molecular flexibility index (Phi) is 5.72. The van der Waals surface area contributed by atoms with Crippen LogP contribution in [0.3, 0.4) is 0 Å². The number of para-hydroxylation sites is 1. The molecule has 0 amide bonds. The van der Waals surface area contributed by atoms with Gasteiger partial charge in [0, 0.05) is 17.1 Å². The molecular weight excluding hydrogens is 506 g/mol. The molecule has 0 saturated carbocycles. The molecule has 0 fully saturated rings. The standard InChI is InChI=1S/C41H31N/c1-27(2)29-12-9-15-36(21-29)42(35-13-7-4-8-14-35)37-19-18-32-24-39-38-23-31-17-16-30(28-10-5-3-6-11-28)20-33(31)25-40(38)41(39)26-34(32)22-37/h3-27H,1-2H3. The molecule has 1 nitrogen and oxygen atoms in total. The van der Waals surface area contributed by atoms with Gasteiger partial charge in [-0.3, -0.25) is 0 Å². The quantitative estimate of drug-likeness (QED) is 0.211. The lowest BCUT2D eigenvalue weighted by molar-refractivity contribution is 0.866. The summed E-state index contributed by atoms with van der Waals surface area (Å²) in [5, 5.41) is 5.11. The summed E-state index contributed by atoms with van der Waals surface area (Å²) >= 11 is 0. The summed E-state index contributed by atoms with van der Waals surface area (Å²) in [4.78, 5) is 2.37. The van der Waals surface area contributed by atoms with Crippen LogP contribution in [0, 0.1) is 0 Å². The Morgan fingerprint density at radius 3 is 1.60 bits per heavy atom. The molecule has 0 aromatic heterocycles. The van der Waals surface area contributed by atoms with Gasteiger partial charge in [0.15, 0.2) is 0 Å². The minimum Gasteiger partial charge on any atom is -0.310 e. The molecule has 0 aliphatic heterocycles. The van der Waals surface area contributed by atoms with Gasteiger partial charge in [0.25, 0.3) is 0 Å². The van der Waals surface area contributed by atoms with E-state index in [1.54, 1.807) is 0 Å². The zero-order valence-corrected chi connectivity index (χ0v) is 23.9. The zero-order chi connectivity index (χ0) is 28.2. The summed E-state index contributed by atoms with van der Waals surface area (Å²) in [5.74, 6) is 0.470. The Morgan fingerprint density at radius 1 is 0.381 bits per heavy atom. The van der Waals surface area contributed by atoms with Crippen molar-refractivity contribution in [3.8, 4) is 33.4 Å². The van der Waals surface area contributed by atoms with E-state index < -0.39 is 0 Å². The predicted octanol–water partition coefficient (Wildman–Crippen LogP) is 11.9. The number of anilines is 3. The van der Waals surface area contributed by atoms with Gasteiger partial charge in [0.05, 0.1) is 0 Å². The number of fused-ring (bicyclic) bond motifs is 6. The first-order valence-electron chi connectivity index (χ1n) is 14.8. The molecule has 0 atom stereocenters. The number of hydrogen-bond donors (Lipinski definition) is 0. The summed E-state index contributed by atoms with van der Waals surface area (Å²) in [6.07, 6.45) is 0. The number of hydrogen-bond acceptors (Lipinski definition) is 1. The smallest absolute Gasteiger partial charge is 0.0468 e. The Labute approximate surface area is 247 Å². The van der Waals surface area contributed by atoms with Gasteiger partial charge in [-0.2, -0.15) is 0 Å². The monoisotopic (exact) mass is 537 g/mol. The van der Waals surface area contributed by atoms with Gasteiger partial charge in [-0.05, 0) is 133 Å². The van der Waals surface area contributed by atoms with E-state index in [0.717, 1.165) is 5.69 Å². The minimum absolute atomic E-state index is 0.470. The second-order valence-electron chi connectivity index (χ2n) is 11.7. The number of rotatable bonds is 5. The molecule has 7 aromatic carbocycles. The zero-order valence-electron chi connectivity index (χ0n) is 23.9. The number of nitrogens with zero attached hydrogens (tertiary/aromatic N) is 1. The Bertz CT molecular complexity index is 2110. The third kappa shape index (κ3) is 4.09. The molecule has 200 valence electrons. The predicted molar refractivity (Wildman–Crippen MR) is 180 cm³/mol. The Hall–Kier alpha value is -5.14. The van der Waals surface area contributed by atoms with Crippen LogP contribution < -0.4 is 4.90 Å². The highest BCUT2D eigenvalue weighted by Crippen LogP contribution is 2.51. The molecule has 0 heterocycles. The average molecular weight is 538 g/mol. The Balaban J connectivity index is 1.23. The second kappa shape index (κ2) is 9.75. The van der Waals surface area contributed by atoms with Crippen molar-refractivity contribution in [2.75, 3.05) is 4.90 Å². The molecule has 1 aliphatic rings. The summed E-state index contributed by atoms with van der Waals surface area (Å²) in [6.45, 7) is 4.51. The maximum absolute atomic E-state index is 2.39. The van der Waals surface area contributed by atoms with Gasteiger partial charge in [0.2, 0.25) is 0 Å². The molecule has 0 bridgehead atoms. The van der Waals surface area contributed by atoms with Gasteiger partial charge >= 0.3 is 0 Å². The highest BCUT2D eigenvalue weighted by molar-refractivity contribution is 6.12. The maximum Gasteiger partial charge on any atom is 0.0468 e. The van der Waals surface area contributed by atoms with Crippen molar-refractivity contribution >= 4 is 38.6 Å². The fourth-order valence-electron chi connectivity index (χ4n) is 6.41. The van der Waals surface area contributed by atoms with Crippen LogP contribution >= 0.6 is 0 Å². The van der Waals surface area contributed by atoms with Gasteiger partial charge in [-0.25, -0.2) is 0 Å². The van der Waals surface area contributed by atoms with Gasteiger partial charge in [-0.1, -0.05) is 92.7 Å². The van der Waals surface area contributed by atoms with Crippen LogP contribution in [0.2, 0.25) is 0 Å². The number of benzene rings is 7. The SMILES string of the molecule is CC(C)c1cccc(N(c2ccccc2)c2ccc3cc4c(cc3c2)-c2cc3cc(-c5ccccc5)ccc3cc2-4)c1. The van der Waals surface area contributed by atoms with E-state index in [9.17, 15) is 0 Å². The van der Waals surface area contributed by atoms with Gasteiger partial charge in [-0.15, -0.1) is 0 Å². The van der Waals surface area contributed by atoms with Crippen molar-refractivity contribution in [1.29, 1.82) is 0 Å². The van der Waals surface area contributed by atoms with Crippen LogP contribution in [-0.4, -0.2) is 0 Å². The largest absolute Gasteiger partial charge is 0.310 e. The van der Waals surface area contributed by atoms with Crippen LogP contribution in [0.4, 0.5) is 17.1 Å². The molecule has 1 heteroatoms. The molecule has 0 N–H and O–H groups in total. The third-order valence-corrected chi connectivity index (χ3v) is 8.69. The first-order valence-corrected chi connectivity index (χ1v) is 14.8. The lowest BCUT2D eigenvalue weighted by Gasteiger charge is -2.28. The molecule has 0 radical (unpaired) electrons. The fourth-order valence-corrected chi connectivity index (χ4v) is 6.41. The molecule has 8 rings (SSSR count). The molecule has 0 saturated heterocycles. The molecule has 0 spiro atoms. The van der Waals surface area contributed by atoms with Crippen molar-refractivity contribution in [2.45, 2.75) is 19.8 Å². The van der Waals surface area contributed by atoms with E-state index >= 15 is 0 Å². The molecule has 7 aromatic rings. The molecule has 1 aliphatic carbocycles. The molecular formula is C41H31N. The van der Waals surface area contributed by atoms with Crippen LogP contribution in [0.25, 0.3) is 54.9 Å². The first kappa shape index (κ1) is 24.6. The van der Waals surface area contributed by atoms with Crippen molar-refractivity contribution in [1.82, 2.24) is 0 Å². The van der Waals surface area contributed by atoms with E-state index in [1.807, 2.05) is 0 Å². The van der Waals surface area contributed by atoms with Crippen molar-refractivity contribution in [3.63, 3.8) is 0 Å². The van der Waals surface area contributed by atoms with Crippen LogP contribution in [0.5, 0.6) is 0 Å². The van der Waals surface area contributed by atoms with Gasteiger partial charge < -0.3 is 4.90 Å². The highest BCUT2D eigenvalue weighted by Gasteiger charge is 2.24. The first-order chi connectivity index (χ1) is 20.6.